The van der Waals surface area contributed by atoms with Crippen LogP contribution >= 0.6 is 0 Å². The molecule has 0 aliphatic heterocycles. The van der Waals surface area contributed by atoms with Gasteiger partial charge in [-0.1, -0.05) is 12.1 Å². The van der Waals surface area contributed by atoms with Crippen molar-refractivity contribution in [1.82, 2.24) is 19.2 Å². The van der Waals surface area contributed by atoms with Crippen LogP contribution in [0.2, 0.25) is 0 Å². The predicted octanol–water partition coefficient (Wildman–Crippen LogP) is 2.33. The van der Waals surface area contributed by atoms with Crippen molar-refractivity contribution in [1.29, 1.82) is 0 Å². The Morgan fingerprint density at radius 3 is 2.31 bits per heavy atom. The van der Waals surface area contributed by atoms with Gasteiger partial charge in [0.2, 0.25) is 21.8 Å². The number of hydrogen-bond acceptors (Lipinski definition) is 5. The minimum atomic E-state index is -3.86. The van der Waals surface area contributed by atoms with Crippen molar-refractivity contribution in [3.63, 3.8) is 0 Å². The number of benzene rings is 2. The van der Waals surface area contributed by atoms with Crippen LogP contribution in [0.5, 0.6) is 0 Å². The molecule has 0 saturated heterocycles. The van der Waals surface area contributed by atoms with Gasteiger partial charge in [0.05, 0.1) is 23.8 Å². The topological polar surface area (TPSA) is 113 Å². The average molecular weight is 456 g/mol. The molecule has 168 valence electrons. The first-order chi connectivity index (χ1) is 15.2. The lowest BCUT2D eigenvalue weighted by molar-refractivity contribution is -0.121. The summed E-state index contributed by atoms with van der Waals surface area (Å²) in [5, 5.41) is 5.40. The third-order valence-corrected chi connectivity index (χ3v) is 6.64. The number of amides is 2. The van der Waals surface area contributed by atoms with E-state index in [9.17, 15) is 18.0 Å². The van der Waals surface area contributed by atoms with Crippen LogP contribution in [0.25, 0.3) is 5.69 Å². The molecule has 2 amide bonds. The Bertz CT molecular complexity index is 1170. The summed E-state index contributed by atoms with van der Waals surface area (Å²) in [7, 11) is -2.51. The fraction of sp³-hybridized carbons (Fsp3) is 0.227. The van der Waals surface area contributed by atoms with Crippen molar-refractivity contribution in [3.05, 3.63) is 72.8 Å². The predicted molar refractivity (Wildman–Crippen MR) is 121 cm³/mol. The number of hydrogen-bond donors (Lipinski definition) is 2. The van der Waals surface area contributed by atoms with E-state index in [-0.39, 0.29) is 23.4 Å². The Kier molecular flexibility index (Phi) is 7.06. The van der Waals surface area contributed by atoms with Crippen LogP contribution in [0, 0.1) is 0 Å². The second-order valence-corrected chi connectivity index (χ2v) is 9.36. The van der Waals surface area contributed by atoms with E-state index in [1.165, 1.54) is 38.2 Å². The van der Waals surface area contributed by atoms with Gasteiger partial charge in [-0.25, -0.2) is 13.4 Å². The summed E-state index contributed by atoms with van der Waals surface area (Å²) in [6, 6.07) is 13.1. The molecule has 0 fully saturated rings. The highest BCUT2D eigenvalue weighted by Gasteiger charge is 2.23. The maximum Gasteiger partial charge on any atom is 0.243 e. The summed E-state index contributed by atoms with van der Waals surface area (Å²) in [6.45, 7) is 2.87. The van der Waals surface area contributed by atoms with Crippen molar-refractivity contribution >= 4 is 27.5 Å². The normalized spacial score (nSPS) is 12.4. The molecule has 0 aliphatic rings. The third kappa shape index (κ3) is 5.59. The SMILES string of the molecule is CC(=O)Nc1ccc(S(=O)(=O)N(C)CC(=O)N[C@@H](C)c2ccc(-n3ccnc3)cc2)cc1. The largest absolute Gasteiger partial charge is 0.348 e. The van der Waals surface area contributed by atoms with E-state index in [0.717, 1.165) is 15.6 Å². The van der Waals surface area contributed by atoms with Crippen LogP contribution in [0.3, 0.4) is 0 Å². The molecule has 1 heterocycles. The maximum absolute atomic E-state index is 12.8. The highest BCUT2D eigenvalue weighted by Crippen LogP contribution is 2.18. The number of imidazole rings is 1. The molecule has 2 N–H and O–H groups in total. The van der Waals surface area contributed by atoms with Gasteiger partial charge in [-0.15, -0.1) is 0 Å². The van der Waals surface area contributed by atoms with E-state index in [1.807, 2.05) is 42.0 Å². The highest BCUT2D eigenvalue weighted by molar-refractivity contribution is 7.89. The zero-order chi connectivity index (χ0) is 23.3. The van der Waals surface area contributed by atoms with Crippen LogP contribution < -0.4 is 10.6 Å². The molecule has 2 aromatic carbocycles. The van der Waals surface area contributed by atoms with E-state index in [4.69, 9.17) is 0 Å². The summed E-state index contributed by atoms with van der Waals surface area (Å²) in [5.41, 5.74) is 2.33. The minimum absolute atomic E-state index is 0.0324. The molecule has 3 aromatic rings. The number of anilines is 1. The summed E-state index contributed by atoms with van der Waals surface area (Å²) < 4.78 is 28.4. The van der Waals surface area contributed by atoms with E-state index in [1.54, 1.807) is 12.5 Å². The van der Waals surface area contributed by atoms with Gasteiger partial charge < -0.3 is 15.2 Å². The van der Waals surface area contributed by atoms with Crippen molar-refractivity contribution < 1.29 is 18.0 Å². The van der Waals surface area contributed by atoms with Crippen molar-refractivity contribution in [3.8, 4) is 5.69 Å². The molecule has 0 aliphatic carbocycles. The number of carbonyl (C=O) groups excluding carboxylic acids is 2. The summed E-state index contributed by atoms with van der Waals surface area (Å²) in [5.74, 6) is -0.669. The van der Waals surface area contributed by atoms with Gasteiger partial charge in [0.25, 0.3) is 0 Å². The first kappa shape index (κ1) is 23.2. The minimum Gasteiger partial charge on any atom is -0.348 e. The number of rotatable bonds is 8. The molecule has 1 atom stereocenters. The fourth-order valence-electron chi connectivity index (χ4n) is 3.10. The Labute approximate surface area is 187 Å². The molecule has 1 aromatic heterocycles. The van der Waals surface area contributed by atoms with Crippen LogP contribution in [0.1, 0.15) is 25.5 Å². The van der Waals surface area contributed by atoms with Gasteiger partial charge in [0, 0.05) is 37.7 Å². The average Bonchev–Trinajstić information content (AvgIpc) is 3.28. The second-order valence-electron chi connectivity index (χ2n) is 7.32. The number of carbonyl (C=O) groups is 2. The van der Waals surface area contributed by atoms with Gasteiger partial charge in [-0.05, 0) is 48.9 Å². The Morgan fingerprint density at radius 1 is 1.09 bits per heavy atom. The zero-order valence-electron chi connectivity index (χ0n) is 18.0. The van der Waals surface area contributed by atoms with Gasteiger partial charge in [-0.3, -0.25) is 9.59 Å². The summed E-state index contributed by atoms with van der Waals surface area (Å²) in [6.07, 6.45) is 5.23. The monoisotopic (exact) mass is 455 g/mol. The number of aromatic nitrogens is 2. The van der Waals surface area contributed by atoms with Crippen molar-refractivity contribution in [2.45, 2.75) is 24.8 Å². The molecule has 0 radical (unpaired) electrons. The van der Waals surface area contributed by atoms with Crippen LogP contribution in [0.4, 0.5) is 5.69 Å². The molecule has 0 bridgehead atoms. The van der Waals surface area contributed by atoms with E-state index < -0.39 is 15.9 Å². The van der Waals surface area contributed by atoms with E-state index in [2.05, 4.69) is 15.6 Å². The Hall–Kier alpha value is -3.50. The van der Waals surface area contributed by atoms with Crippen LogP contribution in [0.15, 0.2) is 72.1 Å². The highest BCUT2D eigenvalue weighted by atomic mass is 32.2. The molecule has 3 rings (SSSR count). The summed E-state index contributed by atoms with van der Waals surface area (Å²) in [4.78, 5) is 27.6. The van der Waals surface area contributed by atoms with Crippen molar-refractivity contribution in [2.24, 2.45) is 0 Å². The second kappa shape index (κ2) is 9.75. The lowest BCUT2D eigenvalue weighted by Crippen LogP contribution is -2.39. The van der Waals surface area contributed by atoms with Gasteiger partial charge in [0.1, 0.15) is 0 Å². The molecule has 0 spiro atoms. The smallest absolute Gasteiger partial charge is 0.243 e. The number of nitrogens with one attached hydrogen (secondary N) is 2. The number of sulfonamides is 1. The zero-order valence-corrected chi connectivity index (χ0v) is 18.8. The molecule has 32 heavy (non-hydrogen) atoms. The standard InChI is InChI=1S/C22H25N5O4S/c1-16(18-4-8-20(9-5-18)27-13-12-23-15-27)24-22(29)14-26(3)32(30,31)21-10-6-19(7-11-21)25-17(2)28/h4-13,15-16H,14H2,1-3H3,(H,24,29)(H,25,28)/t16-/m0/s1. The quantitative estimate of drug-likeness (QED) is 0.541. The van der Waals surface area contributed by atoms with E-state index >= 15 is 0 Å². The first-order valence-corrected chi connectivity index (χ1v) is 11.3. The molecule has 10 heteroatoms. The third-order valence-electron chi connectivity index (χ3n) is 4.82. The van der Waals surface area contributed by atoms with Gasteiger partial charge >= 0.3 is 0 Å². The Balaban J connectivity index is 1.60. The first-order valence-electron chi connectivity index (χ1n) is 9.88. The van der Waals surface area contributed by atoms with Crippen LogP contribution in [-0.2, 0) is 19.6 Å². The molecular weight excluding hydrogens is 430 g/mol. The summed E-state index contributed by atoms with van der Waals surface area (Å²) >= 11 is 0. The van der Waals surface area contributed by atoms with Crippen molar-refractivity contribution in [2.75, 3.05) is 18.9 Å². The van der Waals surface area contributed by atoms with Crippen LogP contribution in [-0.4, -0.2) is 47.7 Å². The molecular formula is C22H25N5O4S. The van der Waals surface area contributed by atoms with Gasteiger partial charge in [0.15, 0.2) is 0 Å². The number of nitrogens with zero attached hydrogens (tertiary/aromatic N) is 3. The molecule has 0 saturated carbocycles. The lowest BCUT2D eigenvalue weighted by atomic mass is 10.1. The van der Waals surface area contributed by atoms with E-state index in [0.29, 0.717) is 5.69 Å². The molecule has 0 unspecified atom stereocenters. The molecule has 9 nitrogen and oxygen atoms in total. The lowest BCUT2D eigenvalue weighted by Gasteiger charge is -2.20. The number of likely N-dealkylation sites (N-methyl/N-ethyl adjacent to an activating group) is 1. The fourth-order valence-corrected chi connectivity index (χ4v) is 4.23. The van der Waals surface area contributed by atoms with Gasteiger partial charge in [-0.2, -0.15) is 4.31 Å². The maximum atomic E-state index is 12.8. The Morgan fingerprint density at radius 2 is 1.75 bits per heavy atom.